The lowest BCUT2D eigenvalue weighted by Crippen LogP contribution is -2.32. The first-order chi connectivity index (χ1) is 13.7. The third kappa shape index (κ3) is 6.65. The number of hydrogen-bond donors (Lipinski definition) is 2. The molecule has 2 aromatic carbocycles. The molecule has 0 saturated carbocycles. The van der Waals surface area contributed by atoms with Crippen LogP contribution in [-0.2, 0) is 24.3 Å². The Hall–Kier alpha value is -2.78. The molecule has 0 spiro atoms. The zero-order valence-corrected chi connectivity index (χ0v) is 17.0. The molecule has 0 bridgehead atoms. The number of amides is 1. The van der Waals surface area contributed by atoms with E-state index in [1.165, 1.54) is 0 Å². The fourth-order valence-electron chi connectivity index (χ4n) is 2.49. The monoisotopic (exact) mass is 422 g/mol. The normalized spacial score (nSPS) is 12.2. The first-order valence-corrected chi connectivity index (χ1v) is 10.5. The van der Waals surface area contributed by atoms with Crippen molar-refractivity contribution in [3.8, 4) is 0 Å². The Kier molecular flexibility index (Phi) is 7.86. The van der Waals surface area contributed by atoms with E-state index in [0.29, 0.717) is 5.69 Å². The molecule has 156 valence electrons. The van der Waals surface area contributed by atoms with Gasteiger partial charge in [0.15, 0.2) is 6.61 Å². The molecule has 9 heteroatoms. The third-order valence-corrected chi connectivity index (χ3v) is 5.69. The summed E-state index contributed by atoms with van der Waals surface area (Å²) in [5, 5.41) is 2.69. The second kappa shape index (κ2) is 10.1. The largest absolute Gasteiger partial charge is 0.455 e. The molecule has 0 unspecified atom stereocenters. The van der Waals surface area contributed by atoms with Gasteiger partial charge in [-0.15, -0.1) is 0 Å². The summed E-state index contributed by atoms with van der Waals surface area (Å²) in [7, 11) is -4.00. The highest BCUT2D eigenvalue weighted by atomic mass is 32.2. The van der Waals surface area contributed by atoms with Crippen LogP contribution in [0.4, 0.5) is 10.1 Å². The number of rotatable bonds is 9. The van der Waals surface area contributed by atoms with Crippen molar-refractivity contribution < 1.29 is 27.1 Å². The summed E-state index contributed by atoms with van der Waals surface area (Å²) in [4.78, 5) is 23.6. The van der Waals surface area contributed by atoms with E-state index in [0.717, 1.165) is 36.2 Å². The smallest absolute Gasteiger partial charge is 0.321 e. The van der Waals surface area contributed by atoms with E-state index >= 15 is 0 Å². The van der Waals surface area contributed by atoms with Crippen LogP contribution in [0.25, 0.3) is 0 Å². The second-order valence-corrected chi connectivity index (χ2v) is 8.15. The van der Waals surface area contributed by atoms with Gasteiger partial charge in [0.05, 0.1) is 4.90 Å². The van der Waals surface area contributed by atoms with Crippen LogP contribution in [0.2, 0.25) is 0 Å². The lowest BCUT2D eigenvalue weighted by molar-refractivity contribution is -0.146. The van der Waals surface area contributed by atoms with Gasteiger partial charge < -0.3 is 10.1 Å². The highest BCUT2D eigenvalue weighted by molar-refractivity contribution is 7.89. The van der Waals surface area contributed by atoms with E-state index in [9.17, 15) is 22.4 Å². The summed E-state index contributed by atoms with van der Waals surface area (Å²) in [6.45, 7) is 2.87. The average molecular weight is 422 g/mol. The minimum atomic E-state index is -4.00. The maximum absolute atomic E-state index is 12.9. The van der Waals surface area contributed by atoms with Crippen LogP contribution >= 0.6 is 0 Å². The van der Waals surface area contributed by atoms with Gasteiger partial charge in [-0.3, -0.25) is 9.59 Å². The zero-order valence-electron chi connectivity index (χ0n) is 16.1. The fraction of sp³-hybridized carbons (Fsp3) is 0.300. The number of halogens is 1. The summed E-state index contributed by atoms with van der Waals surface area (Å²) >= 11 is 0. The van der Waals surface area contributed by atoms with Crippen LogP contribution in [0.3, 0.4) is 0 Å². The molecule has 0 heterocycles. The van der Waals surface area contributed by atoms with Crippen LogP contribution in [-0.4, -0.2) is 33.4 Å². The fourth-order valence-corrected chi connectivity index (χ4v) is 3.46. The summed E-state index contributed by atoms with van der Waals surface area (Å²) < 4.78 is 43.8. The van der Waals surface area contributed by atoms with Gasteiger partial charge in [-0.05, 0) is 48.2 Å². The van der Waals surface area contributed by atoms with Gasteiger partial charge in [0.1, 0.15) is 12.4 Å². The highest BCUT2D eigenvalue weighted by Crippen LogP contribution is 2.26. The number of nitrogens with one attached hydrogen (secondary N) is 2. The number of para-hydroxylation sites is 1. The number of sulfonamides is 1. The zero-order chi connectivity index (χ0) is 21.4. The van der Waals surface area contributed by atoms with E-state index in [2.05, 4.69) is 5.32 Å². The molecule has 0 aromatic heterocycles. The van der Waals surface area contributed by atoms with Crippen molar-refractivity contribution in [1.82, 2.24) is 4.72 Å². The molecular formula is C20H23FN2O5S. The van der Waals surface area contributed by atoms with Crippen LogP contribution in [0.5, 0.6) is 0 Å². The number of benzene rings is 2. The van der Waals surface area contributed by atoms with Crippen molar-refractivity contribution >= 4 is 27.6 Å². The van der Waals surface area contributed by atoms with Crippen LogP contribution in [0.15, 0.2) is 53.4 Å². The Bertz CT molecular complexity index is 961. The van der Waals surface area contributed by atoms with Crippen LogP contribution < -0.4 is 10.0 Å². The van der Waals surface area contributed by atoms with Crippen molar-refractivity contribution in [2.45, 2.75) is 31.1 Å². The summed E-state index contributed by atoms with van der Waals surface area (Å²) in [5.74, 6) is -1.78. The van der Waals surface area contributed by atoms with Gasteiger partial charge >= 0.3 is 5.97 Å². The number of esters is 1. The lowest BCUT2D eigenvalue weighted by atomic mass is 9.97. The molecular weight excluding hydrogens is 399 g/mol. The van der Waals surface area contributed by atoms with Crippen molar-refractivity contribution in [3.05, 3.63) is 59.9 Å². The molecule has 2 rings (SSSR count). The molecule has 0 aliphatic rings. The maximum atomic E-state index is 12.9. The second-order valence-electron chi connectivity index (χ2n) is 6.38. The Balaban J connectivity index is 1.85. The molecule has 2 aromatic rings. The van der Waals surface area contributed by atoms with E-state index in [-0.39, 0.29) is 10.8 Å². The van der Waals surface area contributed by atoms with E-state index in [1.54, 1.807) is 12.1 Å². The Morgan fingerprint density at radius 1 is 1.10 bits per heavy atom. The van der Waals surface area contributed by atoms with Crippen molar-refractivity contribution in [2.24, 2.45) is 0 Å². The number of carbonyl (C=O) groups excluding carboxylic acids is 2. The number of anilines is 1. The Morgan fingerprint density at radius 3 is 2.41 bits per heavy atom. The molecule has 0 fully saturated rings. The SMILES string of the molecule is CC[C@@H](C)c1ccccc1NC(=O)COC(=O)CNS(=O)(=O)c1ccc(F)cc1. The molecule has 1 atom stereocenters. The van der Waals surface area contributed by atoms with Gasteiger partial charge in [0.25, 0.3) is 5.91 Å². The minimum absolute atomic E-state index is 0.189. The number of carbonyl (C=O) groups is 2. The average Bonchev–Trinajstić information content (AvgIpc) is 2.71. The molecule has 1 amide bonds. The minimum Gasteiger partial charge on any atom is -0.455 e. The Labute approximate surface area is 169 Å². The number of hydrogen-bond acceptors (Lipinski definition) is 5. The topological polar surface area (TPSA) is 102 Å². The molecule has 0 aliphatic carbocycles. The van der Waals surface area contributed by atoms with Crippen LogP contribution in [0, 0.1) is 5.82 Å². The molecule has 0 radical (unpaired) electrons. The van der Waals surface area contributed by atoms with E-state index in [4.69, 9.17) is 4.74 Å². The predicted molar refractivity (Wildman–Crippen MR) is 106 cm³/mol. The van der Waals surface area contributed by atoms with Crippen molar-refractivity contribution in [1.29, 1.82) is 0 Å². The Morgan fingerprint density at radius 2 is 1.76 bits per heavy atom. The van der Waals surface area contributed by atoms with Crippen LogP contribution in [0.1, 0.15) is 31.7 Å². The summed E-state index contributed by atoms with van der Waals surface area (Å²) in [6, 6.07) is 11.5. The molecule has 7 nitrogen and oxygen atoms in total. The van der Waals surface area contributed by atoms with Gasteiger partial charge in [-0.1, -0.05) is 32.0 Å². The third-order valence-electron chi connectivity index (χ3n) is 4.27. The maximum Gasteiger partial charge on any atom is 0.321 e. The summed E-state index contributed by atoms with van der Waals surface area (Å²) in [6.07, 6.45) is 0.899. The van der Waals surface area contributed by atoms with Crippen molar-refractivity contribution in [2.75, 3.05) is 18.5 Å². The van der Waals surface area contributed by atoms with E-state index in [1.807, 2.05) is 30.7 Å². The van der Waals surface area contributed by atoms with Gasteiger partial charge in [-0.25, -0.2) is 12.8 Å². The van der Waals surface area contributed by atoms with Crippen molar-refractivity contribution in [3.63, 3.8) is 0 Å². The summed E-state index contributed by atoms with van der Waals surface area (Å²) in [5.41, 5.74) is 1.61. The molecule has 2 N–H and O–H groups in total. The van der Waals surface area contributed by atoms with Gasteiger partial charge in [-0.2, -0.15) is 4.72 Å². The predicted octanol–water partition coefficient (Wildman–Crippen LogP) is 2.80. The quantitative estimate of drug-likeness (QED) is 0.605. The first kappa shape index (κ1) is 22.5. The van der Waals surface area contributed by atoms with E-state index < -0.39 is 40.9 Å². The first-order valence-electron chi connectivity index (χ1n) is 9.02. The molecule has 29 heavy (non-hydrogen) atoms. The molecule has 0 aliphatic heterocycles. The lowest BCUT2D eigenvalue weighted by Gasteiger charge is -2.15. The highest BCUT2D eigenvalue weighted by Gasteiger charge is 2.17. The standard InChI is InChI=1S/C20H23FN2O5S/c1-3-14(2)17-6-4-5-7-18(17)23-19(24)13-28-20(25)12-22-29(26,27)16-10-8-15(21)9-11-16/h4-11,14,22H,3,12-13H2,1-2H3,(H,23,24)/t14-/m1/s1. The molecule has 0 saturated heterocycles. The van der Waals surface area contributed by atoms with Gasteiger partial charge in [0, 0.05) is 5.69 Å². The van der Waals surface area contributed by atoms with Gasteiger partial charge in [0.2, 0.25) is 10.0 Å². The number of ether oxygens (including phenoxy) is 1.